The molecule has 5 nitrogen and oxygen atoms in total. The molecule has 0 saturated heterocycles. The summed E-state index contributed by atoms with van der Waals surface area (Å²) in [6.45, 7) is 7.49. The number of ether oxygens (including phenoxy) is 1. The van der Waals surface area contributed by atoms with Crippen LogP contribution < -0.4 is 0 Å². The van der Waals surface area contributed by atoms with Gasteiger partial charge < -0.3 is 14.9 Å². The lowest BCUT2D eigenvalue weighted by Gasteiger charge is -2.17. The maximum absolute atomic E-state index is 11.7. The highest BCUT2D eigenvalue weighted by atomic mass is 16.5. The molecular weight excluding hydrogens is 248 g/mol. The Kier molecular flexibility index (Phi) is 8.87. The topological polar surface area (TPSA) is 83.8 Å². The SMILES string of the molecule is C=C(CC(O)C(=O)O)C(=O)OC(CC)CCCCC. The third-order valence-corrected chi connectivity index (χ3v) is 2.87. The van der Waals surface area contributed by atoms with Crippen LogP contribution in [0.5, 0.6) is 0 Å². The Labute approximate surface area is 114 Å². The number of esters is 1. The van der Waals surface area contributed by atoms with Crippen molar-refractivity contribution < 1.29 is 24.5 Å². The second-order valence-electron chi connectivity index (χ2n) is 4.59. The molecule has 5 heteroatoms. The molecule has 2 unspecified atom stereocenters. The fourth-order valence-corrected chi connectivity index (χ4v) is 1.61. The van der Waals surface area contributed by atoms with Gasteiger partial charge in [-0.25, -0.2) is 9.59 Å². The number of aliphatic hydroxyl groups is 1. The molecule has 2 atom stereocenters. The molecule has 0 fully saturated rings. The zero-order chi connectivity index (χ0) is 14.8. The third-order valence-electron chi connectivity index (χ3n) is 2.87. The lowest BCUT2D eigenvalue weighted by molar-refractivity contribution is -0.148. The van der Waals surface area contributed by atoms with Crippen LogP contribution in [-0.4, -0.2) is 34.4 Å². The Hall–Kier alpha value is -1.36. The molecule has 0 bridgehead atoms. The summed E-state index contributed by atoms with van der Waals surface area (Å²) in [7, 11) is 0. The number of carbonyl (C=O) groups excluding carboxylic acids is 1. The predicted molar refractivity (Wildman–Crippen MR) is 71.7 cm³/mol. The van der Waals surface area contributed by atoms with E-state index in [9.17, 15) is 9.59 Å². The first-order chi connectivity index (χ1) is 8.92. The van der Waals surface area contributed by atoms with Gasteiger partial charge in [0.15, 0.2) is 6.10 Å². The van der Waals surface area contributed by atoms with Crippen LogP contribution in [0.15, 0.2) is 12.2 Å². The van der Waals surface area contributed by atoms with E-state index in [-0.39, 0.29) is 18.1 Å². The Balaban J connectivity index is 4.17. The van der Waals surface area contributed by atoms with E-state index in [1.807, 2.05) is 6.92 Å². The highest BCUT2D eigenvalue weighted by Crippen LogP contribution is 2.14. The molecule has 0 radical (unpaired) electrons. The van der Waals surface area contributed by atoms with E-state index >= 15 is 0 Å². The summed E-state index contributed by atoms with van der Waals surface area (Å²) in [5, 5.41) is 17.7. The van der Waals surface area contributed by atoms with Gasteiger partial charge in [-0.05, 0) is 19.3 Å². The minimum absolute atomic E-state index is 0.0103. The molecule has 0 saturated carbocycles. The van der Waals surface area contributed by atoms with Gasteiger partial charge in [0, 0.05) is 12.0 Å². The third kappa shape index (κ3) is 7.62. The average Bonchev–Trinajstić information content (AvgIpc) is 2.37. The summed E-state index contributed by atoms with van der Waals surface area (Å²) in [6.07, 6.45) is 2.61. The quantitative estimate of drug-likeness (QED) is 0.362. The summed E-state index contributed by atoms with van der Waals surface area (Å²) in [5.74, 6) is -1.99. The summed E-state index contributed by atoms with van der Waals surface area (Å²) < 4.78 is 5.25. The van der Waals surface area contributed by atoms with Crippen molar-refractivity contribution in [1.82, 2.24) is 0 Å². The molecule has 0 aromatic rings. The normalized spacial score (nSPS) is 13.6. The largest absolute Gasteiger partial charge is 0.479 e. The van der Waals surface area contributed by atoms with E-state index in [0.717, 1.165) is 25.7 Å². The molecule has 0 aliphatic carbocycles. The number of carboxylic acids is 1. The molecule has 0 aliphatic heterocycles. The van der Waals surface area contributed by atoms with Crippen molar-refractivity contribution in [3.05, 3.63) is 12.2 Å². The van der Waals surface area contributed by atoms with Crippen LogP contribution in [0.3, 0.4) is 0 Å². The number of unbranched alkanes of at least 4 members (excludes halogenated alkanes) is 2. The highest BCUT2D eigenvalue weighted by molar-refractivity contribution is 5.89. The van der Waals surface area contributed by atoms with Gasteiger partial charge in [-0.2, -0.15) is 0 Å². The number of carboxylic acid groups (broad SMARTS) is 1. The van der Waals surface area contributed by atoms with E-state index in [1.165, 1.54) is 0 Å². The Bertz CT molecular complexity index is 311. The molecular formula is C14H24O5. The van der Waals surface area contributed by atoms with Crippen molar-refractivity contribution >= 4 is 11.9 Å². The van der Waals surface area contributed by atoms with Crippen molar-refractivity contribution in [2.24, 2.45) is 0 Å². The number of hydrogen-bond acceptors (Lipinski definition) is 4. The van der Waals surface area contributed by atoms with Gasteiger partial charge in [0.25, 0.3) is 0 Å². The van der Waals surface area contributed by atoms with E-state index < -0.39 is 18.0 Å². The molecule has 110 valence electrons. The van der Waals surface area contributed by atoms with Crippen molar-refractivity contribution in [3.8, 4) is 0 Å². The molecule has 0 amide bonds. The predicted octanol–water partition coefficient (Wildman–Crippen LogP) is 2.28. The number of carbonyl (C=O) groups is 2. The van der Waals surface area contributed by atoms with Crippen LogP contribution in [-0.2, 0) is 14.3 Å². The Morgan fingerprint density at radius 3 is 2.37 bits per heavy atom. The van der Waals surface area contributed by atoms with Crippen molar-refractivity contribution in [3.63, 3.8) is 0 Å². The van der Waals surface area contributed by atoms with Gasteiger partial charge in [0.05, 0.1) is 0 Å². The Morgan fingerprint density at radius 1 is 1.26 bits per heavy atom. The van der Waals surface area contributed by atoms with E-state index in [4.69, 9.17) is 14.9 Å². The van der Waals surface area contributed by atoms with Crippen LogP contribution in [0.4, 0.5) is 0 Å². The molecule has 0 rings (SSSR count). The first-order valence-electron chi connectivity index (χ1n) is 6.71. The maximum Gasteiger partial charge on any atom is 0.333 e. The minimum atomic E-state index is -1.61. The highest BCUT2D eigenvalue weighted by Gasteiger charge is 2.21. The summed E-state index contributed by atoms with van der Waals surface area (Å²) in [4.78, 5) is 22.1. The van der Waals surface area contributed by atoms with Gasteiger partial charge >= 0.3 is 11.9 Å². The van der Waals surface area contributed by atoms with Crippen LogP contribution in [0.1, 0.15) is 52.4 Å². The molecule has 2 N–H and O–H groups in total. The van der Waals surface area contributed by atoms with Crippen LogP contribution in [0.2, 0.25) is 0 Å². The molecule has 0 spiro atoms. The molecule has 0 aromatic heterocycles. The number of hydrogen-bond donors (Lipinski definition) is 2. The lowest BCUT2D eigenvalue weighted by Crippen LogP contribution is -2.24. The number of aliphatic hydroxyl groups excluding tert-OH is 1. The Morgan fingerprint density at radius 2 is 1.89 bits per heavy atom. The van der Waals surface area contributed by atoms with Gasteiger partial charge in [-0.15, -0.1) is 0 Å². The van der Waals surface area contributed by atoms with Crippen molar-refractivity contribution in [2.75, 3.05) is 0 Å². The van der Waals surface area contributed by atoms with Gasteiger partial charge in [-0.3, -0.25) is 0 Å². The average molecular weight is 272 g/mol. The second-order valence-corrected chi connectivity index (χ2v) is 4.59. The fourth-order valence-electron chi connectivity index (χ4n) is 1.61. The van der Waals surface area contributed by atoms with Gasteiger partial charge in [0.2, 0.25) is 0 Å². The fraction of sp³-hybridized carbons (Fsp3) is 0.714. The molecule has 0 heterocycles. The summed E-state index contributed by atoms with van der Waals surface area (Å²) in [5.41, 5.74) is -0.0103. The smallest absolute Gasteiger partial charge is 0.333 e. The maximum atomic E-state index is 11.7. The second kappa shape index (κ2) is 9.55. The molecule has 0 aliphatic rings. The van der Waals surface area contributed by atoms with Crippen LogP contribution in [0, 0.1) is 0 Å². The van der Waals surface area contributed by atoms with Crippen LogP contribution >= 0.6 is 0 Å². The molecule has 0 aromatic carbocycles. The van der Waals surface area contributed by atoms with Gasteiger partial charge in [-0.1, -0.05) is 33.3 Å². The van der Waals surface area contributed by atoms with Crippen LogP contribution in [0.25, 0.3) is 0 Å². The van der Waals surface area contributed by atoms with Crippen molar-refractivity contribution in [2.45, 2.75) is 64.6 Å². The van der Waals surface area contributed by atoms with E-state index in [2.05, 4.69) is 13.5 Å². The summed E-state index contributed by atoms with van der Waals surface area (Å²) >= 11 is 0. The van der Waals surface area contributed by atoms with Gasteiger partial charge in [0.1, 0.15) is 6.10 Å². The lowest BCUT2D eigenvalue weighted by atomic mass is 10.1. The number of rotatable bonds is 10. The zero-order valence-electron chi connectivity index (χ0n) is 11.7. The standard InChI is InChI=1S/C14H24O5/c1-4-6-7-8-11(5-2)19-14(18)10(3)9-12(15)13(16)17/h11-12,15H,3-9H2,1-2H3,(H,16,17). The van der Waals surface area contributed by atoms with E-state index in [1.54, 1.807) is 0 Å². The summed E-state index contributed by atoms with van der Waals surface area (Å²) in [6, 6.07) is 0. The van der Waals surface area contributed by atoms with E-state index in [0.29, 0.717) is 6.42 Å². The monoisotopic (exact) mass is 272 g/mol. The molecule has 19 heavy (non-hydrogen) atoms. The first-order valence-corrected chi connectivity index (χ1v) is 6.71. The zero-order valence-corrected chi connectivity index (χ0v) is 11.7. The minimum Gasteiger partial charge on any atom is -0.479 e. The number of aliphatic carboxylic acids is 1. The first kappa shape index (κ1) is 17.6. The van der Waals surface area contributed by atoms with Crippen molar-refractivity contribution in [1.29, 1.82) is 0 Å².